The van der Waals surface area contributed by atoms with Crippen LogP contribution in [-0.4, -0.2) is 46.8 Å². The number of amides is 1. The van der Waals surface area contributed by atoms with Gasteiger partial charge in [-0.1, -0.05) is 6.92 Å². The molecule has 1 amide bonds. The zero-order valence-corrected chi connectivity index (χ0v) is 12.4. The first-order valence-electron chi connectivity index (χ1n) is 6.79. The lowest BCUT2D eigenvalue weighted by Crippen LogP contribution is -2.33. The van der Waals surface area contributed by atoms with E-state index in [4.69, 9.17) is 4.74 Å². The molecule has 1 aliphatic heterocycles. The van der Waals surface area contributed by atoms with Crippen LogP contribution in [0.3, 0.4) is 0 Å². The number of aromatic nitrogens is 2. The van der Waals surface area contributed by atoms with Gasteiger partial charge in [0.2, 0.25) is 5.91 Å². The molecular formula is C14H21N3O3. The lowest BCUT2D eigenvalue weighted by molar-refractivity contribution is -0.146. The van der Waals surface area contributed by atoms with E-state index in [-0.39, 0.29) is 30.3 Å². The summed E-state index contributed by atoms with van der Waals surface area (Å²) in [5.41, 5.74) is 1.87. The summed E-state index contributed by atoms with van der Waals surface area (Å²) in [6.07, 6.45) is 0. The van der Waals surface area contributed by atoms with Gasteiger partial charge in [-0.05, 0) is 25.8 Å². The molecule has 2 heterocycles. The molecule has 0 radical (unpaired) electrons. The van der Waals surface area contributed by atoms with Crippen molar-refractivity contribution in [2.75, 3.05) is 20.2 Å². The molecule has 1 aliphatic rings. The van der Waals surface area contributed by atoms with Gasteiger partial charge in [0.15, 0.2) is 0 Å². The number of aryl methyl sites for hydroxylation is 2. The van der Waals surface area contributed by atoms with E-state index in [1.807, 2.05) is 26.8 Å². The van der Waals surface area contributed by atoms with Crippen molar-refractivity contribution in [2.45, 2.75) is 27.3 Å². The van der Waals surface area contributed by atoms with E-state index < -0.39 is 0 Å². The number of esters is 1. The molecule has 0 bridgehead atoms. The van der Waals surface area contributed by atoms with Crippen molar-refractivity contribution in [1.29, 1.82) is 0 Å². The molecular weight excluding hydrogens is 258 g/mol. The molecule has 6 nitrogen and oxygen atoms in total. The first-order valence-corrected chi connectivity index (χ1v) is 6.79. The molecule has 2 rings (SSSR count). The molecule has 1 aromatic heterocycles. The van der Waals surface area contributed by atoms with E-state index in [0.29, 0.717) is 13.1 Å². The van der Waals surface area contributed by atoms with Gasteiger partial charge in [0.05, 0.1) is 18.7 Å². The maximum atomic E-state index is 12.3. The summed E-state index contributed by atoms with van der Waals surface area (Å²) in [6, 6.07) is 1.94. The zero-order valence-electron chi connectivity index (χ0n) is 12.4. The van der Waals surface area contributed by atoms with E-state index in [2.05, 4.69) is 5.10 Å². The van der Waals surface area contributed by atoms with Crippen LogP contribution in [0.1, 0.15) is 18.3 Å². The third-order valence-corrected chi connectivity index (χ3v) is 3.86. The lowest BCUT2D eigenvalue weighted by atomic mass is 9.99. The number of methoxy groups -OCH3 is 1. The quantitative estimate of drug-likeness (QED) is 0.767. The molecule has 1 aromatic rings. The molecule has 1 saturated heterocycles. The Bertz CT molecular complexity index is 524. The van der Waals surface area contributed by atoms with Gasteiger partial charge < -0.3 is 9.64 Å². The van der Waals surface area contributed by atoms with Crippen LogP contribution in [0.2, 0.25) is 0 Å². The Morgan fingerprint density at radius 3 is 2.65 bits per heavy atom. The Morgan fingerprint density at radius 2 is 2.10 bits per heavy atom. The predicted octanol–water partition coefficient (Wildman–Crippen LogP) is 0.767. The van der Waals surface area contributed by atoms with Gasteiger partial charge in [-0.15, -0.1) is 0 Å². The average Bonchev–Trinajstić information content (AvgIpc) is 2.92. The third kappa shape index (κ3) is 2.84. The van der Waals surface area contributed by atoms with E-state index >= 15 is 0 Å². The Labute approximate surface area is 118 Å². The summed E-state index contributed by atoms with van der Waals surface area (Å²) in [4.78, 5) is 25.6. The summed E-state index contributed by atoms with van der Waals surface area (Å²) in [5, 5.41) is 4.29. The maximum absolute atomic E-state index is 12.3. The number of hydrogen-bond donors (Lipinski definition) is 0. The SMILES string of the molecule is COC(=O)C1CN(C(=O)Cn2nc(C)cc2C)CC1C. The zero-order chi connectivity index (χ0) is 14.9. The second kappa shape index (κ2) is 5.64. The lowest BCUT2D eigenvalue weighted by Gasteiger charge is -2.16. The molecule has 0 saturated carbocycles. The minimum atomic E-state index is -0.237. The van der Waals surface area contributed by atoms with E-state index in [9.17, 15) is 9.59 Å². The van der Waals surface area contributed by atoms with Crippen molar-refractivity contribution in [3.8, 4) is 0 Å². The number of hydrogen-bond acceptors (Lipinski definition) is 4. The van der Waals surface area contributed by atoms with Gasteiger partial charge in [0.25, 0.3) is 0 Å². The van der Waals surface area contributed by atoms with E-state index in [0.717, 1.165) is 11.4 Å². The van der Waals surface area contributed by atoms with Crippen LogP contribution in [0.4, 0.5) is 0 Å². The number of nitrogens with zero attached hydrogens (tertiary/aromatic N) is 3. The Hall–Kier alpha value is -1.85. The van der Waals surface area contributed by atoms with Crippen LogP contribution in [0.25, 0.3) is 0 Å². The number of carbonyl (C=O) groups excluding carboxylic acids is 2. The highest BCUT2D eigenvalue weighted by atomic mass is 16.5. The minimum Gasteiger partial charge on any atom is -0.469 e. The highest BCUT2D eigenvalue weighted by Gasteiger charge is 2.37. The van der Waals surface area contributed by atoms with Gasteiger partial charge in [0, 0.05) is 18.8 Å². The largest absolute Gasteiger partial charge is 0.469 e. The molecule has 0 aromatic carbocycles. The molecule has 0 aliphatic carbocycles. The van der Waals surface area contributed by atoms with Crippen molar-refractivity contribution >= 4 is 11.9 Å². The van der Waals surface area contributed by atoms with Gasteiger partial charge in [-0.2, -0.15) is 5.10 Å². The summed E-state index contributed by atoms with van der Waals surface area (Å²) >= 11 is 0. The number of carbonyl (C=O) groups is 2. The van der Waals surface area contributed by atoms with E-state index in [1.54, 1.807) is 9.58 Å². The monoisotopic (exact) mass is 279 g/mol. The summed E-state index contributed by atoms with van der Waals surface area (Å²) in [5.74, 6) is -0.329. The van der Waals surface area contributed by atoms with Gasteiger partial charge in [0.1, 0.15) is 6.54 Å². The molecule has 2 atom stereocenters. The summed E-state index contributed by atoms with van der Waals surface area (Å²) < 4.78 is 6.48. The minimum absolute atomic E-state index is 0.00514. The first kappa shape index (κ1) is 14.6. The normalized spacial score (nSPS) is 22.1. The Balaban J connectivity index is 2.01. The molecule has 2 unspecified atom stereocenters. The molecule has 6 heteroatoms. The van der Waals surface area contributed by atoms with Crippen molar-refractivity contribution in [3.63, 3.8) is 0 Å². The highest BCUT2D eigenvalue weighted by Crippen LogP contribution is 2.24. The first-order chi connectivity index (χ1) is 9.42. The van der Waals surface area contributed by atoms with Crippen molar-refractivity contribution in [1.82, 2.24) is 14.7 Å². The van der Waals surface area contributed by atoms with Crippen LogP contribution < -0.4 is 0 Å². The van der Waals surface area contributed by atoms with Crippen LogP contribution >= 0.6 is 0 Å². The second-order valence-corrected chi connectivity index (χ2v) is 5.49. The smallest absolute Gasteiger partial charge is 0.310 e. The molecule has 0 N–H and O–H groups in total. The average molecular weight is 279 g/mol. The molecule has 0 spiro atoms. The second-order valence-electron chi connectivity index (χ2n) is 5.49. The van der Waals surface area contributed by atoms with Gasteiger partial charge in [-0.3, -0.25) is 14.3 Å². The molecule has 20 heavy (non-hydrogen) atoms. The molecule has 1 fully saturated rings. The fourth-order valence-electron chi connectivity index (χ4n) is 2.69. The van der Waals surface area contributed by atoms with Gasteiger partial charge in [-0.25, -0.2) is 0 Å². The van der Waals surface area contributed by atoms with E-state index in [1.165, 1.54) is 7.11 Å². The van der Waals surface area contributed by atoms with Gasteiger partial charge >= 0.3 is 5.97 Å². The Morgan fingerprint density at radius 1 is 1.40 bits per heavy atom. The molecule has 110 valence electrons. The van der Waals surface area contributed by atoms with Crippen molar-refractivity contribution in [2.24, 2.45) is 11.8 Å². The summed E-state index contributed by atoms with van der Waals surface area (Å²) in [6.45, 7) is 7.05. The fourth-order valence-corrected chi connectivity index (χ4v) is 2.69. The fraction of sp³-hybridized carbons (Fsp3) is 0.643. The topological polar surface area (TPSA) is 64.4 Å². The standard InChI is InChI=1S/C14H21N3O3/c1-9-6-16(7-12(9)14(19)20-4)13(18)8-17-11(3)5-10(2)15-17/h5,9,12H,6-8H2,1-4H3. The third-order valence-electron chi connectivity index (χ3n) is 3.86. The van der Waals surface area contributed by atoms with Crippen LogP contribution in [0.15, 0.2) is 6.07 Å². The van der Waals surface area contributed by atoms with Crippen LogP contribution in [0, 0.1) is 25.7 Å². The predicted molar refractivity (Wildman–Crippen MR) is 73.0 cm³/mol. The van der Waals surface area contributed by atoms with Crippen molar-refractivity contribution in [3.05, 3.63) is 17.5 Å². The maximum Gasteiger partial charge on any atom is 0.310 e. The van der Waals surface area contributed by atoms with Crippen molar-refractivity contribution < 1.29 is 14.3 Å². The Kier molecular flexibility index (Phi) is 4.11. The number of rotatable bonds is 3. The van der Waals surface area contributed by atoms with Crippen LogP contribution in [-0.2, 0) is 20.9 Å². The highest BCUT2D eigenvalue weighted by molar-refractivity contribution is 5.79. The van der Waals surface area contributed by atoms with Crippen LogP contribution in [0.5, 0.6) is 0 Å². The number of likely N-dealkylation sites (tertiary alicyclic amines) is 1. The summed E-state index contributed by atoms with van der Waals surface area (Å²) in [7, 11) is 1.38. The number of ether oxygens (including phenoxy) is 1.